The molecular weight excluding hydrogens is 328 g/mol. The zero-order chi connectivity index (χ0) is 18.2. The molecule has 1 heterocycles. The number of nitrogens with zero attached hydrogens (tertiary/aromatic N) is 2. The maximum Gasteiger partial charge on any atom is 0.255 e. The lowest BCUT2D eigenvalue weighted by atomic mass is 10.1. The normalized spacial score (nSPS) is 10.3. The van der Waals surface area contributed by atoms with E-state index in [2.05, 4.69) is 15.6 Å². The van der Waals surface area contributed by atoms with Gasteiger partial charge in [-0.3, -0.25) is 9.59 Å². The van der Waals surface area contributed by atoms with Crippen LogP contribution >= 0.6 is 0 Å². The molecular formula is C20H20N4O2. The topological polar surface area (TPSA) is 76.0 Å². The number of anilines is 1. The van der Waals surface area contributed by atoms with Gasteiger partial charge in [-0.2, -0.15) is 0 Å². The van der Waals surface area contributed by atoms with Gasteiger partial charge in [-0.15, -0.1) is 0 Å². The highest BCUT2D eigenvalue weighted by molar-refractivity contribution is 6.05. The molecule has 0 bridgehead atoms. The van der Waals surface area contributed by atoms with Crippen LogP contribution in [0.3, 0.4) is 0 Å². The molecule has 6 heteroatoms. The van der Waals surface area contributed by atoms with Crippen molar-refractivity contribution in [2.24, 2.45) is 0 Å². The third-order valence-corrected chi connectivity index (χ3v) is 3.86. The number of aromatic nitrogens is 2. The molecule has 0 atom stereocenters. The van der Waals surface area contributed by atoms with E-state index in [0.29, 0.717) is 23.4 Å². The first-order valence-electron chi connectivity index (χ1n) is 8.43. The Morgan fingerprint density at radius 1 is 0.962 bits per heavy atom. The molecule has 3 aromatic rings. The van der Waals surface area contributed by atoms with Crippen molar-refractivity contribution in [3.8, 4) is 0 Å². The lowest BCUT2D eigenvalue weighted by Gasteiger charge is -2.09. The van der Waals surface area contributed by atoms with Crippen molar-refractivity contribution in [1.82, 2.24) is 14.9 Å². The molecule has 0 fully saturated rings. The average Bonchev–Trinajstić information content (AvgIpc) is 3.19. The number of benzene rings is 2. The summed E-state index contributed by atoms with van der Waals surface area (Å²) in [5.41, 5.74) is 1.67. The highest BCUT2D eigenvalue weighted by atomic mass is 16.2. The molecule has 0 radical (unpaired) electrons. The van der Waals surface area contributed by atoms with E-state index in [1.165, 1.54) is 0 Å². The van der Waals surface area contributed by atoms with Crippen molar-refractivity contribution in [3.05, 3.63) is 84.4 Å². The van der Waals surface area contributed by atoms with Crippen molar-refractivity contribution in [1.29, 1.82) is 0 Å². The second-order valence-electron chi connectivity index (χ2n) is 5.81. The van der Waals surface area contributed by atoms with Gasteiger partial charge < -0.3 is 15.2 Å². The van der Waals surface area contributed by atoms with Crippen molar-refractivity contribution < 1.29 is 9.59 Å². The Bertz CT molecular complexity index is 861. The minimum atomic E-state index is -0.205. The Hall–Kier alpha value is -3.41. The predicted octanol–water partition coefficient (Wildman–Crippen LogP) is 2.96. The van der Waals surface area contributed by atoms with Gasteiger partial charge >= 0.3 is 0 Å². The lowest BCUT2D eigenvalue weighted by molar-refractivity contribution is 0.0951. The highest BCUT2D eigenvalue weighted by Gasteiger charge is 2.08. The maximum atomic E-state index is 12.3. The molecule has 2 amide bonds. The quantitative estimate of drug-likeness (QED) is 0.645. The highest BCUT2D eigenvalue weighted by Crippen LogP contribution is 2.12. The van der Waals surface area contributed by atoms with E-state index in [0.717, 1.165) is 13.0 Å². The molecule has 1 aromatic heterocycles. The van der Waals surface area contributed by atoms with Gasteiger partial charge in [0, 0.05) is 42.3 Å². The van der Waals surface area contributed by atoms with Crippen LogP contribution in [0.2, 0.25) is 0 Å². The van der Waals surface area contributed by atoms with Gasteiger partial charge in [0.2, 0.25) is 0 Å². The Kier molecular flexibility index (Phi) is 5.77. The van der Waals surface area contributed by atoms with Gasteiger partial charge in [-0.1, -0.05) is 24.3 Å². The number of imidazole rings is 1. The minimum Gasteiger partial charge on any atom is -0.352 e. The van der Waals surface area contributed by atoms with Crippen LogP contribution in [0, 0.1) is 0 Å². The van der Waals surface area contributed by atoms with E-state index in [4.69, 9.17) is 0 Å². The zero-order valence-corrected chi connectivity index (χ0v) is 14.3. The SMILES string of the molecule is O=C(NCCCn1ccnc1)c1cccc(NC(=O)c2ccccc2)c1. The Morgan fingerprint density at radius 3 is 2.54 bits per heavy atom. The summed E-state index contributed by atoms with van der Waals surface area (Å²) >= 11 is 0. The number of carbonyl (C=O) groups excluding carboxylic acids is 2. The second kappa shape index (κ2) is 8.62. The summed E-state index contributed by atoms with van der Waals surface area (Å²) in [6.45, 7) is 1.37. The monoisotopic (exact) mass is 348 g/mol. The lowest BCUT2D eigenvalue weighted by Crippen LogP contribution is -2.25. The van der Waals surface area contributed by atoms with Crippen LogP contribution in [0.5, 0.6) is 0 Å². The van der Waals surface area contributed by atoms with Crippen molar-refractivity contribution in [2.75, 3.05) is 11.9 Å². The summed E-state index contributed by atoms with van der Waals surface area (Å²) in [7, 11) is 0. The van der Waals surface area contributed by atoms with Gasteiger partial charge in [0.05, 0.1) is 6.33 Å². The number of rotatable bonds is 7. The van der Waals surface area contributed by atoms with E-state index in [-0.39, 0.29) is 11.8 Å². The number of nitrogens with one attached hydrogen (secondary N) is 2. The standard InChI is InChI=1S/C20H20N4O2/c25-19(22-10-5-12-24-13-11-21-15-24)17-8-4-9-18(14-17)23-20(26)16-6-2-1-3-7-16/h1-4,6-9,11,13-15H,5,10,12H2,(H,22,25)(H,23,26). The Balaban J connectivity index is 1.52. The molecule has 132 valence electrons. The fourth-order valence-electron chi connectivity index (χ4n) is 2.52. The summed E-state index contributed by atoms with van der Waals surface area (Å²) in [5, 5.41) is 5.70. The van der Waals surface area contributed by atoms with E-state index in [1.54, 1.807) is 48.9 Å². The number of amides is 2. The molecule has 0 aliphatic rings. The van der Waals surface area contributed by atoms with Crippen LogP contribution in [0.1, 0.15) is 27.1 Å². The molecule has 3 rings (SSSR count). The maximum absolute atomic E-state index is 12.3. The molecule has 0 aliphatic heterocycles. The molecule has 0 spiro atoms. The van der Waals surface area contributed by atoms with E-state index >= 15 is 0 Å². The third kappa shape index (κ3) is 4.80. The van der Waals surface area contributed by atoms with Crippen LogP contribution in [-0.2, 0) is 6.54 Å². The molecule has 0 saturated heterocycles. The van der Waals surface area contributed by atoms with Gasteiger partial charge in [0.25, 0.3) is 11.8 Å². The van der Waals surface area contributed by atoms with Crippen LogP contribution in [0.25, 0.3) is 0 Å². The first-order valence-corrected chi connectivity index (χ1v) is 8.43. The summed E-state index contributed by atoms with van der Waals surface area (Å²) < 4.78 is 1.96. The summed E-state index contributed by atoms with van der Waals surface area (Å²) in [4.78, 5) is 28.5. The molecule has 2 aromatic carbocycles. The third-order valence-electron chi connectivity index (χ3n) is 3.86. The number of hydrogen-bond donors (Lipinski definition) is 2. The smallest absolute Gasteiger partial charge is 0.255 e. The first-order chi connectivity index (χ1) is 12.7. The van der Waals surface area contributed by atoms with Crippen LogP contribution in [-0.4, -0.2) is 27.9 Å². The van der Waals surface area contributed by atoms with Gasteiger partial charge in [-0.05, 0) is 36.8 Å². The van der Waals surface area contributed by atoms with Crippen LogP contribution in [0.4, 0.5) is 5.69 Å². The molecule has 2 N–H and O–H groups in total. The van der Waals surface area contributed by atoms with Crippen molar-refractivity contribution in [3.63, 3.8) is 0 Å². The Morgan fingerprint density at radius 2 is 1.77 bits per heavy atom. The van der Waals surface area contributed by atoms with E-state index in [1.807, 2.05) is 29.0 Å². The summed E-state index contributed by atoms with van der Waals surface area (Å²) in [6, 6.07) is 15.9. The average molecular weight is 348 g/mol. The van der Waals surface area contributed by atoms with Crippen LogP contribution in [0.15, 0.2) is 73.3 Å². The van der Waals surface area contributed by atoms with Gasteiger partial charge in [0.15, 0.2) is 0 Å². The largest absolute Gasteiger partial charge is 0.352 e. The van der Waals surface area contributed by atoms with Crippen molar-refractivity contribution >= 4 is 17.5 Å². The molecule has 0 aliphatic carbocycles. The number of carbonyl (C=O) groups is 2. The minimum absolute atomic E-state index is 0.161. The van der Waals surface area contributed by atoms with Crippen LogP contribution < -0.4 is 10.6 Å². The fourth-order valence-corrected chi connectivity index (χ4v) is 2.52. The zero-order valence-electron chi connectivity index (χ0n) is 14.3. The molecule has 6 nitrogen and oxygen atoms in total. The van der Waals surface area contributed by atoms with Gasteiger partial charge in [-0.25, -0.2) is 4.98 Å². The number of aryl methyl sites for hydroxylation is 1. The van der Waals surface area contributed by atoms with Gasteiger partial charge in [0.1, 0.15) is 0 Å². The predicted molar refractivity (Wildman–Crippen MR) is 100 cm³/mol. The fraction of sp³-hybridized carbons (Fsp3) is 0.150. The van der Waals surface area contributed by atoms with Crippen molar-refractivity contribution in [2.45, 2.75) is 13.0 Å². The molecule has 26 heavy (non-hydrogen) atoms. The summed E-state index contributed by atoms with van der Waals surface area (Å²) in [5.74, 6) is -0.366. The molecule has 0 unspecified atom stereocenters. The number of hydrogen-bond acceptors (Lipinski definition) is 3. The second-order valence-corrected chi connectivity index (χ2v) is 5.81. The first kappa shape index (κ1) is 17.4. The van der Waals surface area contributed by atoms with E-state index < -0.39 is 0 Å². The van der Waals surface area contributed by atoms with E-state index in [9.17, 15) is 9.59 Å². The summed E-state index contributed by atoms with van der Waals surface area (Å²) in [6.07, 6.45) is 6.18. The Labute approximate surface area is 151 Å². The molecule has 0 saturated carbocycles.